The highest BCUT2D eigenvalue weighted by Gasteiger charge is 2.63. The number of hydrogen-bond acceptors (Lipinski definition) is 5. The summed E-state index contributed by atoms with van der Waals surface area (Å²) in [5.74, 6) is 0.0166. The van der Waals surface area contributed by atoms with E-state index in [4.69, 9.17) is 0 Å². The van der Waals surface area contributed by atoms with Gasteiger partial charge in [0.1, 0.15) is 5.75 Å². The molecule has 4 aliphatic carbocycles. The van der Waals surface area contributed by atoms with Gasteiger partial charge in [0.15, 0.2) is 5.78 Å². The van der Waals surface area contributed by atoms with Crippen LogP contribution < -0.4 is 4.18 Å². The lowest BCUT2D eigenvalue weighted by Gasteiger charge is -2.55. The molecule has 2 fully saturated rings. The fourth-order valence-corrected chi connectivity index (χ4v) is 8.05. The van der Waals surface area contributed by atoms with Gasteiger partial charge in [-0.05, 0) is 97.8 Å². The molecule has 0 aliphatic heterocycles. The number of ketones is 1. The second kappa shape index (κ2) is 8.56. The SMILES string of the molecule is C=C(C)[C@]1(O)CC[C@H]2[C@@H]3CCC4=CC(=O)CCC4=C3[C@@H](c3ccc(OS(=O)(=O)C(F)(F)F)cc3)C[C@@]21C. The first-order valence-electron chi connectivity index (χ1n) is 12.6. The second-order valence-electron chi connectivity index (χ2n) is 11.2. The van der Waals surface area contributed by atoms with Crippen molar-refractivity contribution in [2.24, 2.45) is 17.3 Å². The van der Waals surface area contributed by atoms with Crippen molar-refractivity contribution in [3.8, 4) is 5.75 Å². The van der Waals surface area contributed by atoms with Gasteiger partial charge in [-0.2, -0.15) is 21.6 Å². The lowest BCUT2D eigenvalue weighted by molar-refractivity contribution is -0.114. The molecule has 200 valence electrons. The van der Waals surface area contributed by atoms with Crippen LogP contribution in [0.2, 0.25) is 0 Å². The third kappa shape index (κ3) is 4.00. The summed E-state index contributed by atoms with van der Waals surface area (Å²) in [5.41, 5.74) is -1.93. The normalized spacial score (nSPS) is 33.8. The summed E-state index contributed by atoms with van der Waals surface area (Å²) in [7, 11) is -5.77. The minimum atomic E-state index is -5.77. The van der Waals surface area contributed by atoms with Gasteiger partial charge in [-0.15, -0.1) is 0 Å². The molecule has 1 aromatic carbocycles. The van der Waals surface area contributed by atoms with Crippen molar-refractivity contribution in [3.63, 3.8) is 0 Å². The van der Waals surface area contributed by atoms with Gasteiger partial charge in [0, 0.05) is 17.8 Å². The summed E-state index contributed by atoms with van der Waals surface area (Å²) >= 11 is 0. The summed E-state index contributed by atoms with van der Waals surface area (Å²) in [4.78, 5) is 12.2. The zero-order valence-corrected chi connectivity index (χ0v) is 21.7. The summed E-state index contributed by atoms with van der Waals surface area (Å²) in [6, 6.07) is 5.72. The fourth-order valence-electron chi connectivity index (χ4n) is 7.59. The predicted octanol–water partition coefficient (Wildman–Crippen LogP) is 6.12. The van der Waals surface area contributed by atoms with E-state index in [1.807, 2.05) is 6.92 Å². The molecule has 5 nitrogen and oxygen atoms in total. The van der Waals surface area contributed by atoms with E-state index in [1.165, 1.54) is 23.3 Å². The van der Waals surface area contributed by atoms with Crippen LogP contribution >= 0.6 is 0 Å². The summed E-state index contributed by atoms with van der Waals surface area (Å²) in [6.07, 6.45) is 6.64. The van der Waals surface area contributed by atoms with Crippen LogP contribution in [0.1, 0.15) is 70.3 Å². The molecule has 37 heavy (non-hydrogen) atoms. The van der Waals surface area contributed by atoms with Crippen molar-refractivity contribution in [2.75, 3.05) is 0 Å². The second-order valence-corrected chi connectivity index (χ2v) is 12.8. The minimum absolute atomic E-state index is 0.125. The van der Waals surface area contributed by atoms with Gasteiger partial charge in [0.25, 0.3) is 0 Å². The molecule has 0 aromatic heterocycles. The fraction of sp³-hybridized carbons (Fsp3) is 0.536. The Kier molecular flexibility index (Phi) is 6.07. The van der Waals surface area contributed by atoms with E-state index >= 15 is 0 Å². The molecule has 0 radical (unpaired) electrons. The first-order chi connectivity index (χ1) is 17.2. The van der Waals surface area contributed by atoms with E-state index < -0.39 is 32.4 Å². The smallest absolute Gasteiger partial charge is 0.385 e. The van der Waals surface area contributed by atoms with Crippen molar-refractivity contribution >= 4 is 15.9 Å². The molecule has 0 heterocycles. The maximum absolute atomic E-state index is 12.8. The molecule has 0 unspecified atom stereocenters. The van der Waals surface area contributed by atoms with Crippen LogP contribution in [0.4, 0.5) is 13.2 Å². The number of alkyl halides is 3. The Hall–Kier alpha value is -2.39. The van der Waals surface area contributed by atoms with Crippen LogP contribution in [0.25, 0.3) is 0 Å². The molecular weight excluding hydrogens is 505 g/mol. The van der Waals surface area contributed by atoms with Crippen LogP contribution in [0.5, 0.6) is 5.75 Å². The first-order valence-corrected chi connectivity index (χ1v) is 14.0. The molecular formula is C28H31F3O5S. The molecule has 9 heteroatoms. The van der Waals surface area contributed by atoms with Crippen LogP contribution in [0, 0.1) is 17.3 Å². The highest BCUT2D eigenvalue weighted by Crippen LogP contribution is 2.67. The monoisotopic (exact) mass is 536 g/mol. The Morgan fingerprint density at radius 3 is 2.43 bits per heavy atom. The Labute approximate surface area is 215 Å². The Morgan fingerprint density at radius 1 is 1.14 bits per heavy atom. The minimum Gasteiger partial charge on any atom is -0.385 e. The number of allylic oxidation sites excluding steroid dienone is 4. The Bertz CT molecular complexity index is 1320. The molecule has 1 aromatic rings. The molecule has 2 saturated carbocycles. The van der Waals surface area contributed by atoms with Gasteiger partial charge in [-0.3, -0.25) is 4.79 Å². The van der Waals surface area contributed by atoms with Crippen LogP contribution in [-0.4, -0.2) is 30.4 Å². The molecule has 5 rings (SSSR count). The van der Waals surface area contributed by atoms with E-state index in [0.29, 0.717) is 25.7 Å². The number of carbonyl (C=O) groups excluding carboxylic acids is 1. The molecule has 1 N–H and O–H groups in total. The van der Waals surface area contributed by atoms with Crippen LogP contribution in [-0.2, 0) is 14.9 Å². The Balaban J connectivity index is 1.60. The number of halogens is 3. The molecule has 4 aliphatic rings. The summed E-state index contributed by atoms with van der Waals surface area (Å²) < 4.78 is 65.6. The zero-order chi connectivity index (χ0) is 27.0. The lowest BCUT2D eigenvalue weighted by atomic mass is 9.50. The number of fused-ring (bicyclic) bond motifs is 4. The standard InChI is InChI=1S/C28H31F3O5S/c1-16(2)27(33)13-12-24-22-10-6-18-14-19(32)7-11-21(18)25(22)23(15-26(24,27)3)17-4-8-20(9-5-17)36-37(34,35)28(29,30)31/h4-5,8-9,14,22-24,33H,1,6-7,10-13,15H2,2-3H3/t22-,23+,24-,26-,27+/m0/s1. The zero-order valence-electron chi connectivity index (χ0n) is 20.9. The first kappa shape index (κ1) is 26.2. The third-order valence-corrected chi connectivity index (χ3v) is 10.3. The lowest BCUT2D eigenvalue weighted by Crippen LogP contribution is -2.52. The van der Waals surface area contributed by atoms with Gasteiger partial charge < -0.3 is 9.29 Å². The van der Waals surface area contributed by atoms with E-state index in [-0.39, 0.29) is 23.5 Å². The van der Waals surface area contributed by atoms with E-state index in [0.717, 1.165) is 36.0 Å². The van der Waals surface area contributed by atoms with Crippen LogP contribution in [0.3, 0.4) is 0 Å². The number of hydrogen-bond donors (Lipinski definition) is 1. The van der Waals surface area contributed by atoms with Gasteiger partial charge in [-0.1, -0.05) is 31.2 Å². The van der Waals surface area contributed by atoms with E-state index in [2.05, 4.69) is 17.7 Å². The van der Waals surface area contributed by atoms with Crippen molar-refractivity contribution < 1.29 is 35.7 Å². The largest absolute Gasteiger partial charge is 0.534 e. The van der Waals surface area contributed by atoms with Crippen molar-refractivity contribution in [3.05, 3.63) is 64.8 Å². The quantitative estimate of drug-likeness (QED) is 0.285. The molecule has 0 amide bonds. The number of benzene rings is 1. The molecule has 0 spiro atoms. The summed E-state index contributed by atoms with van der Waals surface area (Å²) in [6.45, 7) is 8.09. The molecule has 0 saturated heterocycles. The van der Waals surface area contributed by atoms with Crippen LogP contribution in [0.15, 0.2) is 59.2 Å². The Morgan fingerprint density at radius 2 is 1.81 bits per heavy atom. The number of aliphatic hydroxyl groups is 1. The topological polar surface area (TPSA) is 80.7 Å². The van der Waals surface area contributed by atoms with Gasteiger partial charge in [-0.25, -0.2) is 0 Å². The summed E-state index contributed by atoms with van der Waals surface area (Å²) in [5, 5.41) is 11.8. The predicted molar refractivity (Wildman–Crippen MR) is 132 cm³/mol. The van der Waals surface area contributed by atoms with Gasteiger partial charge in [0.2, 0.25) is 0 Å². The highest BCUT2D eigenvalue weighted by molar-refractivity contribution is 7.88. The highest BCUT2D eigenvalue weighted by atomic mass is 32.2. The maximum Gasteiger partial charge on any atom is 0.534 e. The van der Waals surface area contributed by atoms with E-state index in [1.54, 1.807) is 18.2 Å². The third-order valence-electron chi connectivity index (χ3n) is 9.36. The van der Waals surface area contributed by atoms with Gasteiger partial charge in [0.05, 0.1) is 5.60 Å². The van der Waals surface area contributed by atoms with Crippen molar-refractivity contribution in [2.45, 2.75) is 75.8 Å². The van der Waals surface area contributed by atoms with Crippen molar-refractivity contribution in [1.82, 2.24) is 0 Å². The van der Waals surface area contributed by atoms with E-state index in [9.17, 15) is 31.5 Å². The molecule has 5 atom stereocenters. The average Bonchev–Trinajstić information content (AvgIpc) is 3.09. The maximum atomic E-state index is 12.8. The number of carbonyl (C=O) groups is 1. The number of rotatable bonds is 4. The van der Waals surface area contributed by atoms with Crippen molar-refractivity contribution in [1.29, 1.82) is 0 Å². The van der Waals surface area contributed by atoms with Gasteiger partial charge >= 0.3 is 15.6 Å². The average molecular weight is 537 g/mol. The molecule has 0 bridgehead atoms.